The fourth-order valence-electron chi connectivity index (χ4n) is 2.40. The zero-order chi connectivity index (χ0) is 12.7. The molecule has 2 aliphatic rings. The predicted molar refractivity (Wildman–Crippen MR) is 62.7 cm³/mol. The highest BCUT2D eigenvalue weighted by atomic mass is 16.5. The number of ether oxygens (including phenoxy) is 1. The van der Waals surface area contributed by atoms with E-state index >= 15 is 0 Å². The van der Waals surface area contributed by atoms with Gasteiger partial charge in [0.2, 0.25) is 5.78 Å². The van der Waals surface area contributed by atoms with E-state index in [1.165, 1.54) is 6.26 Å². The molecule has 18 heavy (non-hydrogen) atoms. The lowest BCUT2D eigenvalue weighted by atomic mass is 9.89. The summed E-state index contributed by atoms with van der Waals surface area (Å²) < 4.78 is 10.3. The molecule has 0 aromatic carbocycles. The molecule has 0 saturated carbocycles. The monoisotopic (exact) mass is 244 g/mol. The van der Waals surface area contributed by atoms with Crippen molar-refractivity contribution in [3.05, 3.63) is 46.6 Å². The van der Waals surface area contributed by atoms with Crippen molar-refractivity contribution >= 4 is 11.8 Å². The van der Waals surface area contributed by atoms with Gasteiger partial charge in [-0.2, -0.15) is 0 Å². The minimum absolute atomic E-state index is 0.185. The van der Waals surface area contributed by atoms with Crippen molar-refractivity contribution in [1.82, 2.24) is 0 Å². The van der Waals surface area contributed by atoms with Gasteiger partial charge in [0, 0.05) is 16.7 Å². The van der Waals surface area contributed by atoms with Gasteiger partial charge in [-0.3, -0.25) is 4.79 Å². The van der Waals surface area contributed by atoms with Crippen LogP contribution in [0, 0.1) is 0 Å². The van der Waals surface area contributed by atoms with E-state index in [2.05, 4.69) is 0 Å². The van der Waals surface area contributed by atoms with Crippen molar-refractivity contribution in [2.75, 3.05) is 0 Å². The Morgan fingerprint density at radius 3 is 2.89 bits per heavy atom. The fourth-order valence-corrected chi connectivity index (χ4v) is 2.40. The average molecular weight is 244 g/mol. The average Bonchev–Trinajstić information content (AvgIpc) is 2.99. The molecule has 1 aliphatic carbocycles. The molecule has 0 N–H and O–H groups in total. The summed E-state index contributed by atoms with van der Waals surface area (Å²) in [6, 6.07) is 3.29. The summed E-state index contributed by atoms with van der Waals surface area (Å²) in [5.41, 5.74) is 2.05. The van der Waals surface area contributed by atoms with Crippen molar-refractivity contribution in [2.24, 2.45) is 0 Å². The molecule has 0 spiro atoms. The quantitative estimate of drug-likeness (QED) is 0.593. The number of rotatable bonds is 2. The standard InChI is InChI=1S/C14H12O4/c1-8-9-4-2-5-10(13(9)18-14(8)16)12(15)11-6-3-7-17-11/h3,6-7H,2,4-5H2,1H3. The van der Waals surface area contributed by atoms with Crippen LogP contribution in [-0.2, 0) is 9.53 Å². The first kappa shape index (κ1) is 11.0. The highest BCUT2D eigenvalue weighted by Gasteiger charge is 2.34. The van der Waals surface area contributed by atoms with Crippen molar-refractivity contribution < 1.29 is 18.7 Å². The lowest BCUT2D eigenvalue weighted by molar-refractivity contribution is -0.133. The third kappa shape index (κ3) is 1.53. The molecule has 0 fully saturated rings. The Hall–Kier alpha value is -2.10. The van der Waals surface area contributed by atoms with Crippen LogP contribution >= 0.6 is 0 Å². The van der Waals surface area contributed by atoms with E-state index in [0.29, 0.717) is 29.1 Å². The van der Waals surface area contributed by atoms with Crippen LogP contribution in [-0.4, -0.2) is 11.8 Å². The summed E-state index contributed by atoms with van der Waals surface area (Å²) in [4.78, 5) is 23.8. The topological polar surface area (TPSA) is 56.5 Å². The third-order valence-electron chi connectivity index (χ3n) is 3.37. The normalized spacial score (nSPS) is 19.1. The molecule has 3 rings (SSSR count). The Morgan fingerprint density at radius 1 is 1.33 bits per heavy atom. The number of furan rings is 1. The number of allylic oxidation sites excluding steroid dienone is 2. The molecule has 4 heteroatoms. The Balaban J connectivity index is 2.07. The molecule has 4 nitrogen and oxygen atoms in total. The van der Waals surface area contributed by atoms with Crippen LogP contribution in [0.4, 0.5) is 0 Å². The number of carbonyl (C=O) groups is 2. The van der Waals surface area contributed by atoms with Crippen molar-refractivity contribution in [2.45, 2.75) is 26.2 Å². The number of esters is 1. The predicted octanol–water partition coefficient (Wildman–Crippen LogP) is 2.77. The zero-order valence-electron chi connectivity index (χ0n) is 9.99. The van der Waals surface area contributed by atoms with Crippen LogP contribution in [0.15, 0.2) is 45.3 Å². The van der Waals surface area contributed by atoms with Gasteiger partial charge < -0.3 is 9.15 Å². The van der Waals surface area contributed by atoms with Crippen LogP contribution in [0.5, 0.6) is 0 Å². The Bertz CT molecular complexity index is 587. The highest BCUT2D eigenvalue weighted by Crippen LogP contribution is 2.38. The lowest BCUT2D eigenvalue weighted by Gasteiger charge is -2.16. The van der Waals surface area contributed by atoms with Gasteiger partial charge >= 0.3 is 5.97 Å². The first-order valence-corrected chi connectivity index (χ1v) is 5.92. The van der Waals surface area contributed by atoms with E-state index in [1.54, 1.807) is 19.1 Å². The smallest absolute Gasteiger partial charge is 0.339 e. The molecular formula is C14H12O4. The summed E-state index contributed by atoms with van der Waals surface area (Å²) >= 11 is 0. The second-order valence-corrected chi connectivity index (χ2v) is 4.46. The molecule has 1 aliphatic heterocycles. The first-order chi connectivity index (χ1) is 8.68. The molecule has 2 heterocycles. The summed E-state index contributed by atoms with van der Waals surface area (Å²) in [6.45, 7) is 1.74. The lowest BCUT2D eigenvalue weighted by Crippen LogP contribution is -2.11. The summed E-state index contributed by atoms with van der Waals surface area (Å²) in [5.74, 6) is 0.228. The minimum atomic E-state index is -0.341. The van der Waals surface area contributed by atoms with Crippen molar-refractivity contribution in [3.63, 3.8) is 0 Å². The van der Waals surface area contributed by atoms with Crippen LogP contribution in [0.2, 0.25) is 0 Å². The van der Waals surface area contributed by atoms with Gasteiger partial charge in [0.25, 0.3) is 0 Å². The van der Waals surface area contributed by atoms with E-state index in [0.717, 1.165) is 18.4 Å². The maximum atomic E-state index is 12.3. The van der Waals surface area contributed by atoms with Gasteiger partial charge in [-0.25, -0.2) is 4.79 Å². The van der Waals surface area contributed by atoms with Crippen LogP contribution in [0.3, 0.4) is 0 Å². The highest BCUT2D eigenvalue weighted by molar-refractivity contribution is 6.09. The summed E-state index contributed by atoms with van der Waals surface area (Å²) in [6.07, 6.45) is 3.74. The van der Waals surface area contributed by atoms with Gasteiger partial charge in [0.15, 0.2) is 5.76 Å². The van der Waals surface area contributed by atoms with Gasteiger partial charge in [-0.15, -0.1) is 0 Å². The molecule has 0 atom stereocenters. The van der Waals surface area contributed by atoms with Gasteiger partial charge in [-0.05, 0) is 38.3 Å². The van der Waals surface area contributed by atoms with Crippen LogP contribution < -0.4 is 0 Å². The van der Waals surface area contributed by atoms with Crippen LogP contribution in [0.25, 0.3) is 0 Å². The second-order valence-electron chi connectivity index (χ2n) is 4.46. The number of fused-ring (bicyclic) bond motifs is 1. The number of carbonyl (C=O) groups excluding carboxylic acids is 2. The van der Waals surface area contributed by atoms with Gasteiger partial charge in [0.05, 0.1) is 6.26 Å². The van der Waals surface area contributed by atoms with E-state index in [-0.39, 0.29) is 11.8 Å². The molecule has 0 unspecified atom stereocenters. The summed E-state index contributed by atoms with van der Waals surface area (Å²) in [5, 5.41) is 0. The molecule has 92 valence electrons. The number of hydrogen-bond donors (Lipinski definition) is 0. The summed E-state index contributed by atoms with van der Waals surface area (Å²) in [7, 11) is 0. The largest absolute Gasteiger partial charge is 0.461 e. The zero-order valence-corrected chi connectivity index (χ0v) is 9.99. The fraction of sp³-hybridized carbons (Fsp3) is 0.286. The maximum absolute atomic E-state index is 12.3. The van der Waals surface area contributed by atoms with Gasteiger partial charge in [0.1, 0.15) is 5.76 Å². The van der Waals surface area contributed by atoms with E-state index in [1.807, 2.05) is 0 Å². The van der Waals surface area contributed by atoms with Gasteiger partial charge in [-0.1, -0.05) is 0 Å². The van der Waals surface area contributed by atoms with E-state index in [9.17, 15) is 9.59 Å². The van der Waals surface area contributed by atoms with Crippen molar-refractivity contribution in [1.29, 1.82) is 0 Å². The molecular weight excluding hydrogens is 232 g/mol. The van der Waals surface area contributed by atoms with Crippen LogP contribution in [0.1, 0.15) is 36.7 Å². The minimum Gasteiger partial charge on any atom is -0.461 e. The number of Topliss-reactive ketones (excluding diaryl/α,β-unsaturated/α-hetero) is 1. The number of ketones is 1. The Morgan fingerprint density at radius 2 is 2.17 bits per heavy atom. The first-order valence-electron chi connectivity index (χ1n) is 5.92. The molecule has 1 aromatic rings. The maximum Gasteiger partial charge on any atom is 0.339 e. The Labute approximate surface area is 104 Å². The second kappa shape index (κ2) is 3.98. The van der Waals surface area contributed by atoms with E-state index in [4.69, 9.17) is 9.15 Å². The molecule has 1 aromatic heterocycles. The molecule has 0 saturated heterocycles. The third-order valence-corrected chi connectivity index (χ3v) is 3.37. The SMILES string of the molecule is CC1=C2CCCC(C(=O)c3ccco3)=C2OC1=O. The Kier molecular flexibility index (Phi) is 2.44. The van der Waals surface area contributed by atoms with E-state index < -0.39 is 0 Å². The number of hydrogen-bond acceptors (Lipinski definition) is 4. The molecule has 0 radical (unpaired) electrons. The molecule has 0 bridgehead atoms. The van der Waals surface area contributed by atoms with Crippen molar-refractivity contribution in [3.8, 4) is 0 Å². The molecule has 0 amide bonds.